The summed E-state index contributed by atoms with van der Waals surface area (Å²) in [5, 5.41) is 20.4. The van der Waals surface area contributed by atoms with Gasteiger partial charge in [-0.2, -0.15) is 0 Å². The molecule has 1 aliphatic heterocycles. The van der Waals surface area contributed by atoms with Gasteiger partial charge in [-0.3, -0.25) is 4.79 Å². The van der Waals surface area contributed by atoms with Gasteiger partial charge >= 0.3 is 0 Å². The third-order valence-corrected chi connectivity index (χ3v) is 4.81. The quantitative estimate of drug-likeness (QED) is 0.869. The van der Waals surface area contributed by atoms with E-state index in [-0.39, 0.29) is 0 Å². The van der Waals surface area contributed by atoms with E-state index >= 15 is 0 Å². The molecule has 1 fully saturated rings. The Labute approximate surface area is 147 Å². The van der Waals surface area contributed by atoms with Crippen molar-refractivity contribution in [3.63, 3.8) is 0 Å². The molecule has 2 aromatic rings. The normalized spacial score (nSPS) is 26.1. The van der Waals surface area contributed by atoms with Crippen molar-refractivity contribution in [2.75, 3.05) is 7.05 Å². The third kappa shape index (κ3) is 3.52. The van der Waals surface area contributed by atoms with E-state index in [0.717, 1.165) is 16.9 Å². The Morgan fingerprint density at radius 1 is 1.08 bits per heavy atom. The van der Waals surface area contributed by atoms with Crippen molar-refractivity contribution in [1.82, 2.24) is 4.90 Å². The van der Waals surface area contributed by atoms with Gasteiger partial charge < -0.3 is 19.8 Å². The summed E-state index contributed by atoms with van der Waals surface area (Å²) >= 11 is 0. The van der Waals surface area contributed by atoms with Gasteiger partial charge in [-0.25, -0.2) is 0 Å². The zero-order chi connectivity index (χ0) is 18.0. The van der Waals surface area contributed by atoms with Crippen LogP contribution in [0.15, 0.2) is 54.6 Å². The number of aliphatic hydroxyl groups is 2. The molecule has 0 saturated carbocycles. The van der Waals surface area contributed by atoms with Crippen LogP contribution in [0, 0.1) is 0 Å². The maximum Gasteiger partial charge on any atom is 0.257 e. The van der Waals surface area contributed by atoms with Crippen LogP contribution in [0.25, 0.3) is 0 Å². The number of benzene rings is 2. The highest BCUT2D eigenvalue weighted by Crippen LogP contribution is 2.30. The van der Waals surface area contributed by atoms with Crippen LogP contribution in [0.4, 0.5) is 0 Å². The van der Waals surface area contributed by atoms with Crippen molar-refractivity contribution in [2.24, 2.45) is 0 Å². The Morgan fingerprint density at radius 2 is 1.72 bits per heavy atom. The van der Waals surface area contributed by atoms with Gasteiger partial charge in [0.25, 0.3) is 5.91 Å². The zero-order valence-corrected chi connectivity index (χ0v) is 14.4. The van der Waals surface area contributed by atoms with Crippen LogP contribution in [-0.4, -0.2) is 45.8 Å². The molecule has 25 heavy (non-hydrogen) atoms. The van der Waals surface area contributed by atoms with Crippen molar-refractivity contribution in [1.29, 1.82) is 0 Å². The van der Waals surface area contributed by atoms with E-state index in [9.17, 15) is 15.0 Å². The summed E-state index contributed by atoms with van der Waals surface area (Å²) < 4.78 is 5.76. The average molecular weight is 341 g/mol. The van der Waals surface area contributed by atoms with E-state index in [4.69, 9.17) is 4.74 Å². The number of amides is 1. The maximum absolute atomic E-state index is 12.0. The standard InChI is InChI=1S/C20H23NO4/c1-20(24)18(22)17(21(2)19(20)23)12-14-8-10-16(11-9-14)25-13-15-6-4-3-5-7-15/h3-11,17-18,22,24H,12-13H2,1-2H3/t17-,18+,20+/m1/s1. The number of likely N-dealkylation sites (tertiary alicyclic amines) is 1. The number of nitrogens with zero attached hydrogens (tertiary/aromatic N) is 1. The van der Waals surface area contributed by atoms with Crippen molar-refractivity contribution >= 4 is 5.91 Å². The van der Waals surface area contributed by atoms with E-state index in [1.54, 1.807) is 7.05 Å². The summed E-state index contributed by atoms with van der Waals surface area (Å²) in [5.74, 6) is 0.309. The monoisotopic (exact) mass is 341 g/mol. The molecule has 1 amide bonds. The third-order valence-electron chi connectivity index (χ3n) is 4.81. The van der Waals surface area contributed by atoms with Crippen LogP contribution in [-0.2, 0) is 17.8 Å². The molecule has 0 aromatic heterocycles. The highest BCUT2D eigenvalue weighted by atomic mass is 16.5. The summed E-state index contributed by atoms with van der Waals surface area (Å²) in [5.41, 5.74) is 0.342. The molecule has 1 saturated heterocycles. The summed E-state index contributed by atoms with van der Waals surface area (Å²) in [7, 11) is 1.61. The molecule has 5 nitrogen and oxygen atoms in total. The van der Waals surface area contributed by atoms with Gasteiger partial charge in [0.15, 0.2) is 5.60 Å². The fourth-order valence-corrected chi connectivity index (χ4v) is 3.17. The van der Waals surface area contributed by atoms with Gasteiger partial charge in [-0.1, -0.05) is 42.5 Å². The highest BCUT2D eigenvalue weighted by molar-refractivity contribution is 5.88. The molecule has 0 spiro atoms. The minimum absolute atomic E-state index is 0.446. The lowest BCUT2D eigenvalue weighted by atomic mass is 9.94. The second kappa shape index (κ2) is 6.86. The van der Waals surface area contributed by atoms with Crippen LogP contribution in [0.1, 0.15) is 18.1 Å². The Kier molecular flexibility index (Phi) is 4.79. The molecule has 3 rings (SSSR count). The minimum atomic E-state index is -1.72. The molecule has 0 bridgehead atoms. The first-order valence-corrected chi connectivity index (χ1v) is 8.33. The van der Waals surface area contributed by atoms with Crippen molar-refractivity contribution in [3.8, 4) is 5.75 Å². The maximum atomic E-state index is 12.0. The SMILES string of the molecule is CN1C(=O)[C@@](C)(O)[C@@H](O)[C@H]1Cc1ccc(OCc2ccccc2)cc1. The predicted octanol–water partition coefficient (Wildman–Crippen LogP) is 1.76. The van der Waals surface area contributed by atoms with E-state index in [1.807, 2.05) is 54.6 Å². The minimum Gasteiger partial charge on any atom is -0.489 e. The number of hydrogen-bond acceptors (Lipinski definition) is 4. The van der Waals surface area contributed by atoms with Crippen molar-refractivity contribution in [3.05, 3.63) is 65.7 Å². The van der Waals surface area contributed by atoms with Gasteiger partial charge in [0.1, 0.15) is 18.5 Å². The highest BCUT2D eigenvalue weighted by Gasteiger charge is 2.53. The van der Waals surface area contributed by atoms with Crippen LogP contribution < -0.4 is 4.74 Å². The molecule has 132 valence electrons. The lowest BCUT2D eigenvalue weighted by molar-refractivity contribution is -0.144. The topological polar surface area (TPSA) is 70.0 Å². The molecular weight excluding hydrogens is 318 g/mol. The summed E-state index contributed by atoms with van der Waals surface area (Å²) in [4.78, 5) is 13.4. The number of carbonyl (C=O) groups excluding carboxylic acids is 1. The Morgan fingerprint density at radius 3 is 2.28 bits per heavy atom. The number of likely N-dealkylation sites (N-methyl/N-ethyl adjacent to an activating group) is 1. The molecule has 0 unspecified atom stereocenters. The molecular formula is C20H23NO4. The Bertz CT molecular complexity index is 727. The van der Waals surface area contributed by atoms with Gasteiger partial charge in [0.05, 0.1) is 6.04 Å². The van der Waals surface area contributed by atoms with Gasteiger partial charge in [0, 0.05) is 7.05 Å². The largest absolute Gasteiger partial charge is 0.489 e. The molecule has 1 heterocycles. The summed E-state index contributed by atoms with van der Waals surface area (Å²) in [6.45, 7) is 1.86. The molecule has 1 aliphatic rings. The number of ether oxygens (including phenoxy) is 1. The van der Waals surface area contributed by atoms with Gasteiger partial charge in [-0.05, 0) is 36.6 Å². The molecule has 0 radical (unpaired) electrons. The van der Waals surface area contributed by atoms with E-state index in [1.165, 1.54) is 11.8 Å². The number of hydrogen-bond donors (Lipinski definition) is 2. The fraction of sp³-hybridized carbons (Fsp3) is 0.350. The first kappa shape index (κ1) is 17.5. The average Bonchev–Trinajstić information content (AvgIpc) is 2.77. The first-order valence-electron chi connectivity index (χ1n) is 8.33. The van der Waals surface area contributed by atoms with Crippen LogP contribution in [0.5, 0.6) is 5.75 Å². The van der Waals surface area contributed by atoms with Crippen molar-refractivity contribution < 1.29 is 19.7 Å². The summed E-state index contributed by atoms with van der Waals surface area (Å²) in [6.07, 6.45) is -0.641. The molecule has 5 heteroatoms. The number of rotatable bonds is 5. The lowest BCUT2D eigenvalue weighted by Crippen LogP contribution is -2.43. The Hall–Kier alpha value is -2.37. The van der Waals surface area contributed by atoms with E-state index in [0.29, 0.717) is 13.0 Å². The van der Waals surface area contributed by atoms with Crippen LogP contribution >= 0.6 is 0 Å². The summed E-state index contributed by atoms with van der Waals surface area (Å²) in [6, 6.07) is 17.1. The molecule has 2 aromatic carbocycles. The van der Waals surface area contributed by atoms with Crippen LogP contribution in [0.3, 0.4) is 0 Å². The fourth-order valence-electron chi connectivity index (χ4n) is 3.17. The number of aliphatic hydroxyl groups excluding tert-OH is 1. The second-order valence-electron chi connectivity index (χ2n) is 6.70. The number of carbonyl (C=O) groups is 1. The van der Waals surface area contributed by atoms with E-state index in [2.05, 4.69) is 0 Å². The Balaban J connectivity index is 1.62. The van der Waals surface area contributed by atoms with E-state index < -0.39 is 23.7 Å². The van der Waals surface area contributed by atoms with Crippen LogP contribution in [0.2, 0.25) is 0 Å². The van der Waals surface area contributed by atoms with Crippen molar-refractivity contribution in [2.45, 2.75) is 37.7 Å². The lowest BCUT2D eigenvalue weighted by Gasteiger charge is -2.23. The smallest absolute Gasteiger partial charge is 0.257 e. The predicted molar refractivity (Wildman–Crippen MR) is 94.1 cm³/mol. The second-order valence-corrected chi connectivity index (χ2v) is 6.70. The molecule has 0 aliphatic carbocycles. The molecule has 3 atom stereocenters. The van der Waals surface area contributed by atoms with Gasteiger partial charge in [-0.15, -0.1) is 0 Å². The first-order chi connectivity index (χ1) is 11.9. The molecule has 2 N–H and O–H groups in total. The zero-order valence-electron chi connectivity index (χ0n) is 14.4. The van der Waals surface area contributed by atoms with Gasteiger partial charge in [0.2, 0.25) is 0 Å².